The molecule has 2 aromatic rings. The summed E-state index contributed by atoms with van der Waals surface area (Å²) < 4.78 is 6.00. The van der Waals surface area contributed by atoms with E-state index < -0.39 is 5.41 Å². The number of carbonyl (C=O) groups excluding carboxylic acids is 2. The maximum atomic E-state index is 13.1. The molecule has 2 fully saturated rings. The van der Waals surface area contributed by atoms with Crippen molar-refractivity contribution in [3.63, 3.8) is 0 Å². The molecule has 0 spiro atoms. The third kappa shape index (κ3) is 2.89. The van der Waals surface area contributed by atoms with Gasteiger partial charge in [0.25, 0.3) is 11.8 Å². The summed E-state index contributed by atoms with van der Waals surface area (Å²) in [5.41, 5.74) is 2.33. The second kappa shape index (κ2) is 6.84. The highest BCUT2D eigenvalue weighted by atomic mass is 16.5. The topological polar surface area (TPSA) is 87.7 Å². The summed E-state index contributed by atoms with van der Waals surface area (Å²) in [4.78, 5) is 25.6. The molecular weight excluding hydrogens is 380 g/mol. The molecule has 2 saturated carbocycles. The van der Waals surface area contributed by atoms with Crippen LogP contribution in [0.1, 0.15) is 51.6 Å². The van der Waals surface area contributed by atoms with E-state index in [2.05, 4.69) is 17.6 Å². The first-order valence-corrected chi connectivity index (χ1v) is 10.5. The SMILES string of the molecule is CNC(=O)c1cc(C(=O)NC2C3CC(O)C[C@H]32)cc2c1OC[C@@]2(C)c1ccccc1. The monoisotopic (exact) mass is 406 g/mol. The van der Waals surface area contributed by atoms with Crippen LogP contribution in [0.4, 0.5) is 0 Å². The fourth-order valence-electron chi connectivity index (χ4n) is 5.23. The maximum Gasteiger partial charge on any atom is 0.254 e. The maximum absolute atomic E-state index is 13.1. The number of rotatable bonds is 4. The van der Waals surface area contributed by atoms with E-state index >= 15 is 0 Å². The number of amides is 2. The lowest BCUT2D eigenvalue weighted by atomic mass is 9.77. The van der Waals surface area contributed by atoms with Gasteiger partial charge in [0.15, 0.2) is 0 Å². The molecule has 2 aromatic carbocycles. The van der Waals surface area contributed by atoms with E-state index in [0.717, 1.165) is 24.0 Å². The number of aliphatic hydroxyl groups excluding tert-OH is 1. The van der Waals surface area contributed by atoms with Crippen molar-refractivity contribution in [3.8, 4) is 5.75 Å². The Morgan fingerprint density at radius 2 is 1.80 bits per heavy atom. The van der Waals surface area contributed by atoms with E-state index in [4.69, 9.17) is 4.74 Å². The van der Waals surface area contributed by atoms with Gasteiger partial charge in [-0.2, -0.15) is 0 Å². The Morgan fingerprint density at radius 1 is 1.10 bits per heavy atom. The van der Waals surface area contributed by atoms with Crippen LogP contribution in [-0.4, -0.2) is 42.7 Å². The summed E-state index contributed by atoms with van der Waals surface area (Å²) in [7, 11) is 1.57. The van der Waals surface area contributed by atoms with Crippen molar-refractivity contribution in [1.29, 1.82) is 0 Å². The average Bonchev–Trinajstić information content (AvgIpc) is 3.08. The molecule has 3 unspecified atom stereocenters. The zero-order valence-electron chi connectivity index (χ0n) is 17.1. The van der Waals surface area contributed by atoms with E-state index in [1.54, 1.807) is 13.1 Å². The minimum Gasteiger partial charge on any atom is -0.491 e. The molecule has 30 heavy (non-hydrogen) atoms. The normalized spacial score (nSPS) is 30.8. The first-order chi connectivity index (χ1) is 14.4. The molecule has 1 heterocycles. The molecule has 0 saturated heterocycles. The van der Waals surface area contributed by atoms with E-state index in [0.29, 0.717) is 35.3 Å². The number of aliphatic hydroxyl groups is 1. The van der Waals surface area contributed by atoms with Gasteiger partial charge in [0.1, 0.15) is 12.4 Å². The Morgan fingerprint density at radius 3 is 2.47 bits per heavy atom. The summed E-state index contributed by atoms with van der Waals surface area (Å²) in [6.45, 7) is 2.49. The van der Waals surface area contributed by atoms with Crippen molar-refractivity contribution in [2.24, 2.45) is 11.8 Å². The van der Waals surface area contributed by atoms with Crippen LogP contribution in [0.25, 0.3) is 0 Å². The Kier molecular flexibility index (Phi) is 4.36. The summed E-state index contributed by atoms with van der Waals surface area (Å²) in [6.07, 6.45) is 1.27. The molecule has 6 nitrogen and oxygen atoms in total. The van der Waals surface area contributed by atoms with Crippen LogP contribution in [0.3, 0.4) is 0 Å². The quantitative estimate of drug-likeness (QED) is 0.727. The molecular formula is C24H26N2O4. The molecule has 5 rings (SSSR count). The molecule has 2 aliphatic carbocycles. The van der Waals surface area contributed by atoms with Crippen LogP contribution in [0.2, 0.25) is 0 Å². The van der Waals surface area contributed by atoms with Crippen LogP contribution in [0.5, 0.6) is 5.75 Å². The van der Waals surface area contributed by atoms with E-state index in [1.165, 1.54) is 0 Å². The van der Waals surface area contributed by atoms with Crippen molar-refractivity contribution >= 4 is 11.8 Å². The summed E-state index contributed by atoms with van der Waals surface area (Å²) in [6, 6.07) is 13.6. The van der Waals surface area contributed by atoms with Crippen molar-refractivity contribution in [2.75, 3.05) is 13.7 Å². The summed E-state index contributed by atoms with van der Waals surface area (Å²) >= 11 is 0. The van der Waals surface area contributed by atoms with Gasteiger partial charge in [-0.1, -0.05) is 30.3 Å². The summed E-state index contributed by atoms with van der Waals surface area (Å²) in [5.74, 6) is 0.830. The molecule has 5 atom stereocenters. The largest absolute Gasteiger partial charge is 0.491 e. The Balaban J connectivity index is 1.51. The number of hydrogen-bond acceptors (Lipinski definition) is 4. The molecule has 6 heteroatoms. The fourth-order valence-corrected chi connectivity index (χ4v) is 5.23. The first-order valence-electron chi connectivity index (χ1n) is 10.5. The van der Waals surface area contributed by atoms with Gasteiger partial charge < -0.3 is 20.5 Å². The molecule has 2 amide bonds. The van der Waals surface area contributed by atoms with Gasteiger partial charge in [-0.15, -0.1) is 0 Å². The van der Waals surface area contributed by atoms with Crippen LogP contribution >= 0.6 is 0 Å². The first kappa shape index (κ1) is 19.1. The van der Waals surface area contributed by atoms with Gasteiger partial charge in [-0.05, 0) is 49.3 Å². The van der Waals surface area contributed by atoms with E-state index in [9.17, 15) is 14.7 Å². The second-order valence-corrected chi connectivity index (χ2v) is 8.92. The lowest BCUT2D eigenvalue weighted by Gasteiger charge is -2.24. The predicted octanol–water partition coefficient (Wildman–Crippen LogP) is 2.24. The van der Waals surface area contributed by atoms with Crippen LogP contribution < -0.4 is 15.4 Å². The van der Waals surface area contributed by atoms with Gasteiger partial charge in [-0.25, -0.2) is 0 Å². The third-order valence-electron chi connectivity index (χ3n) is 7.05. The van der Waals surface area contributed by atoms with E-state index in [1.807, 2.05) is 36.4 Å². The van der Waals surface area contributed by atoms with Gasteiger partial charge in [0.2, 0.25) is 0 Å². The fraction of sp³-hybridized carbons (Fsp3) is 0.417. The lowest BCUT2D eigenvalue weighted by molar-refractivity contribution is 0.0937. The average molecular weight is 406 g/mol. The highest BCUT2D eigenvalue weighted by molar-refractivity contribution is 6.02. The molecule has 3 aliphatic rings. The number of fused-ring (bicyclic) bond motifs is 2. The minimum absolute atomic E-state index is 0.120. The van der Waals surface area contributed by atoms with E-state index in [-0.39, 0.29) is 24.0 Å². The number of nitrogens with one attached hydrogen (secondary N) is 2. The molecule has 3 N–H and O–H groups in total. The van der Waals surface area contributed by atoms with Crippen molar-refractivity contribution in [1.82, 2.24) is 10.6 Å². The van der Waals surface area contributed by atoms with Gasteiger partial charge in [0.05, 0.1) is 17.1 Å². The molecule has 156 valence electrons. The number of benzene rings is 2. The van der Waals surface area contributed by atoms with Gasteiger partial charge in [-0.3, -0.25) is 9.59 Å². The predicted molar refractivity (Wildman–Crippen MR) is 112 cm³/mol. The summed E-state index contributed by atoms with van der Waals surface area (Å²) in [5, 5.41) is 15.5. The van der Waals surface area contributed by atoms with Crippen LogP contribution in [-0.2, 0) is 5.41 Å². The molecule has 0 aromatic heterocycles. The number of ether oxygens (including phenoxy) is 1. The van der Waals surface area contributed by atoms with Crippen molar-refractivity contribution in [2.45, 2.75) is 37.3 Å². The second-order valence-electron chi connectivity index (χ2n) is 8.92. The van der Waals surface area contributed by atoms with Crippen LogP contribution in [0.15, 0.2) is 42.5 Å². The standard InChI is InChI=1S/C24H26N2O4/c1-24(14-6-4-3-5-7-14)12-30-21-18(23(29)25-2)8-13(9-19(21)24)22(28)26-20-16-10-15(27)11-17(16)20/h3-9,15-17,20,27H,10-12H2,1-2H3,(H,25,29)(H,26,28)/t15?,16-,17?,20?,24+/m1/s1. The van der Waals surface area contributed by atoms with Gasteiger partial charge in [0, 0.05) is 24.2 Å². The number of hydrogen-bond donors (Lipinski definition) is 3. The Labute approximate surface area is 175 Å². The molecule has 0 radical (unpaired) electrons. The smallest absolute Gasteiger partial charge is 0.254 e. The Bertz CT molecular complexity index is 1010. The number of carbonyl (C=O) groups is 2. The van der Waals surface area contributed by atoms with Gasteiger partial charge >= 0.3 is 0 Å². The third-order valence-corrected chi connectivity index (χ3v) is 7.05. The van der Waals surface area contributed by atoms with Crippen molar-refractivity contribution in [3.05, 3.63) is 64.7 Å². The Hall–Kier alpha value is -2.86. The zero-order valence-corrected chi connectivity index (χ0v) is 17.1. The molecule has 1 aliphatic heterocycles. The highest BCUT2D eigenvalue weighted by Crippen LogP contribution is 2.52. The van der Waals surface area contributed by atoms with Crippen molar-refractivity contribution < 1.29 is 19.4 Å². The van der Waals surface area contributed by atoms with Crippen LogP contribution in [0, 0.1) is 11.8 Å². The molecule has 0 bridgehead atoms. The lowest BCUT2D eigenvalue weighted by Crippen LogP contribution is -2.31. The zero-order chi connectivity index (χ0) is 21.0. The highest BCUT2D eigenvalue weighted by Gasteiger charge is 2.56. The minimum atomic E-state index is -0.449.